The molecule has 21 heavy (non-hydrogen) atoms. The van der Waals surface area contributed by atoms with E-state index in [4.69, 9.17) is 0 Å². The highest BCUT2D eigenvalue weighted by Crippen LogP contribution is 2.20. The van der Waals surface area contributed by atoms with Gasteiger partial charge < -0.3 is 10.6 Å². The van der Waals surface area contributed by atoms with E-state index < -0.39 is 0 Å². The average molecular weight is 306 g/mol. The Bertz CT molecular complexity index is 643. The molecule has 1 heterocycles. The number of hydrogen-bond acceptors (Lipinski definition) is 5. The van der Waals surface area contributed by atoms with E-state index in [9.17, 15) is 8.78 Å². The molecule has 1 aliphatic rings. The molecule has 7 heteroatoms. The minimum atomic E-state index is -0.285. The molecule has 4 nitrogen and oxygen atoms in total. The number of nitrogens with one attached hydrogen (secondary N) is 3. The molecule has 1 atom stereocenters. The van der Waals surface area contributed by atoms with E-state index in [0.717, 1.165) is 11.4 Å². The van der Waals surface area contributed by atoms with Gasteiger partial charge in [0, 0.05) is 23.3 Å². The normalized spacial score (nSPS) is 17.0. The van der Waals surface area contributed by atoms with Gasteiger partial charge in [-0.1, -0.05) is 0 Å². The monoisotopic (exact) mass is 306 g/mol. The number of rotatable bonds is 3. The molecule has 2 aromatic rings. The molecule has 3 N–H and O–H groups in total. The van der Waals surface area contributed by atoms with E-state index in [1.807, 2.05) is 0 Å². The van der Waals surface area contributed by atoms with Crippen LogP contribution in [0.3, 0.4) is 0 Å². The maximum Gasteiger partial charge on any atom is 0.209 e. The summed E-state index contributed by atoms with van der Waals surface area (Å²) in [6.45, 7) is 0. The van der Waals surface area contributed by atoms with Crippen LogP contribution < -0.4 is 15.4 Å². The van der Waals surface area contributed by atoms with Gasteiger partial charge in [0.1, 0.15) is 11.6 Å². The lowest BCUT2D eigenvalue weighted by atomic mass is 10.3. The molecule has 0 bridgehead atoms. The van der Waals surface area contributed by atoms with Crippen LogP contribution in [0.5, 0.6) is 0 Å². The van der Waals surface area contributed by atoms with Crippen LogP contribution in [0.1, 0.15) is 0 Å². The van der Waals surface area contributed by atoms with Gasteiger partial charge in [-0.3, -0.25) is 4.72 Å². The fourth-order valence-electron chi connectivity index (χ4n) is 1.76. The zero-order valence-electron chi connectivity index (χ0n) is 10.8. The van der Waals surface area contributed by atoms with Crippen molar-refractivity contribution in [2.45, 2.75) is 5.50 Å². The molecule has 1 aliphatic heterocycles. The Morgan fingerprint density at radius 1 is 0.905 bits per heavy atom. The molecule has 1 unspecified atom stereocenters. The molecule has 0 saturated carbocycles. The Morgan fingerprint density at radius 3 is 2.10 bits per heavy atom. The molecule has 0 fully saturated rings. The Labute approximate surface area is 124 Å². The summed E-state index contributed by atoms with van der Waals surface area (Å²) in [7, 11) is 0. The number of aliphatic imine (C=N–C) groups is 1. The highest BCUT2D eigenvalue weighted by atomic mass is 32.2. The highest BCUT2D eigenvalue weighted by molar-refractivity contribution is 7.99. The predicted molar refractivity (Wildman–Crippen MR) is 82.0 cm³/mol. The molecule has 108 valence electrons. The first-order chi connectivity index (χ1) is 10.2. The van der Waals surface area contributed by atoms with E-state index >= 15 is 0 Å². The van der Waals surface area contributed by atoms with Crippen LogP contribution in [0.15, 0.2) is 53.5 Å². The third-order valence-electron chi connectivity index (χ3n) is 2.75. The van der Waals surface area contributed by atoms with Crippen LogP contribution in [0, 0.1) is 11.6 Å². The second-order valence-electron chi connectivity index (χ2n) is 4.33. The third-order valence-corrected chi connectivity index (χ3v) is 3.51. The zero-order chi connectivity index (χ0) is 14.7. The first-order valence-corrected chi connectivity index (χ1v) is 7.11. The maximum atomic E-state index is 12.8. The molecule has 0 aliphatic carbocycles. The SMILES string of the molecule is Fc1ccc(NC2=NC(Nc3ccc(F)cc3)SN2)cc1. The summed E-state index contributed by atoms with van der Waals surface area (Å²) in [5, 5.41) is 6.18. The lowest BCUT2D eigenvalue weighted by molar-refractivity contribution is 0.627. The van der Waals surface area contributed by atoms with Gasteiger partial charge >= 0.3 is 0 Å². The zero-order valence-corrected chi connectivity index (χ0v) is 11.6. The van der Waals surface area contributed by atoms with E-state index in [0.29, 0.717) is 5.96 Å². The summed E-state index contributed by atoms with van der Waals surface area (Å²) in [5.74, 6) is 0.0123. The fraction of sp³-hybridized carbons (Fsp3) is 0.0714. The van der Waals surface area contributed by atoms with Gasteiger partial charge in [-0.05, 0) is 48.5 Å². The first kappa shape index (κ1) is 13.7. The van der Waals surface area contributed by atoms with Crippen molar-refractivity contribution in [3.8, 4) is 0 Å². The second kappa shape index (κ2) is 6.01. The molecule has 0 radical (unpaired) electrons. The molecule has 3 rings (SSSR count). The van der Waals surface area contributed by atoms with Crippen molar-refractivity contribution >= 4 is 29.3 Å². The Balaban J connectivity index is 1.61. The van der Waals surface area contributed by atoms with Crippen molar-refractivity contribution < 1.29 is 8.78 Å². The fourth-order valence-corrected chi connectivity index (χ4v) is 2.44. The van der Waals surface area contributed by atoms with E-state index in [1.54, 1.807) is 24.3 Å². The van der Waals surface area contributed by atoms with Crippen LogP contribution in [0.4, 0.5) is 20.2 Å². The van der Waals surface area contributed by atoms with Crippen LogP contribution in [-0.4, -0.2) is 11.5 Å². The van der Waals surface area contributed by atoms with Gasteiger partial charge in [-0.25, -0.2) is 13.8 Å². The summed E-state index contributed by atoms with van der Waals surface area (Å²) in [6, 6.07) is 12.1. The third kappa shape index (κ3) is 3.63. The predicted octanol–water partition coefficient (Wildman–Crippen LogP) is 3.38. The number of guanidine groups is 1. The largest absolute Gasteiger partial charge is 0.354 e. The van der Waals surface area contributed by atoms with Crippen molar-refractivity contribution in [3.05, 3.63) is 60.2 Å². The average Bonchev–Trinajstić information content (AvgIpc) is 2.91. The van der Waals surface area contributed by atoms with E-state index in [2.05, 4.69) is 20.3 Å². The summed E-state index contributed by atoms with van der Waals surface area (Å²) < 4.78 is 28.7. The van der Waals surface area contributed by atoms with Gasteiger partial charge in [-0.15, -0.1) is 0 Å². The minimum Gasteiger partial charge on any atom is -0.354 e. The summed E-state index contributed by atoms with van der Waals surface area (Å²) >= 11 is 1.38. The number of hydrogen-bond donors (Lipinski definition) is 3. The molecule has 0 spiro atoms. The number of benzene rings is 2. The molecule has 2 aromatic carbocycles. The van der Waals surface area contributed by atoms with Crippen LogP contribution in [-0.2, 0) is 0 Å². The smallest absolute Gasteiger partial charge is 0.209 e. The Kier molecular flexibility index (Phi) is 3.92. The summed E-state index contributed by atoms with van der Waals surface area (Å²) in [6.07, 6.45) is 0. The topological polar surface area (TPSA) is 48.5 Å². The Morgan fingerprint density at radius 2 is 1.48 bits per heavy atom. The van der Waals surface area contributed by atoms with Crippen molar-refractivity contribution in [2.24, 2.45) is 4.99 Å². The highest BCUT2D eigenvalue weighted by Gasteiger charge is 2.17. The van der Waals surface area contributed by atoms with Gasteiger partial charge in [0.2, 0.25) is 5.96 Å². The molecule has 0 aromatic heterocycles. The summed E-state index contributed by atoms with van der Waals surface area (Å²) in [4.78, 5) is 4.38. The standard InChI is InChI=1S/C14H12F2N4S/c15-9-1-5-11(6-2-9)17-13-19-14(21-20-13)18-12-7-3-10(16)4-8-12/h1-8,14,18H,(H2,17,19,20). The minimum absolute atomic E-state index is 0.224. The second-order valence-corrected chi connectivity index (χ2v) is 5.22. The number of anilines is 2. The first-order valence-electron chi connectivity index (χ1n) is 6.23. The number of halogens is 2. The van der Waals surface area contributed by atoms with Crippen molar-refractivity contribution in [1.29, 1.82) is 0 Å². The molecular weight excluding hydrogens is 294 g/mol. The van der Waals surface area contributed by atoms with Gasteiger partial charge in [0.25, 0.3) is 0 Å². The van der Waals surface area contributed by atoms with Gasteiger partial charge in [-0.2, -0.15) is 0 Å². The van der Waals surface area contributed by atoms with Crippen LogP contribution in [0.2, 0.25) is 0 Å². The van der Waals surface area contributed by atoms with Gasteiger partial charge in [0.15, 0.2) is 5.50 Å². The lowest BCUT2D eigenvalue weighted by Gasteiger charge is -2.08. The summed E-state index contributed by atoms with van der Waals surface area (Å²) in [5.41, 5.74) is 1.30. The van der Waals surface area contributed by atoms with Crippen molar-refractivity contribution in [1.82, 2.24) is 4.72 Å². The molecule has 0 saturated heterocycles. The van der Waals surface area contributed by atoms with Crippen molar-refractivity contribution in [3.63, 3.8) is 0 Å². The molecule has 0 amide bonds. The molecular formula is C14H12F2N4S. The quantitative estimate of drug-likeness (QED) is 0.761. The van der Waals surface area contributed by atoms with Gasteiger partial charge in [0.05, 0.1) is 0 Å². The van der Waals surface area contributed by atoms with E-state index in [1.165, 1.54) is 36.2 Å². The van der Waals surface area contributed by atoms with Crippen LogP contribution in [0.25, 0.3) is 0 Å². The van der Waals surface area contributed by atoms with E-state index in [-0.39, 0.29) is 17.1 Å². The number of nitrogens with zero attached hydrogens (tertiary/aromatic N) is 1. The van der Waals surface area contributed by atoms with Crippen molar-refractivity contribution in [2.75, 3.05) is 10.6 Å². The van der Waals surface area contributed by atoms with Crippen LogP contribution >= 0.6 is 11.9 Å². The Hall–Kier alpha value is -2.28. The maximum absolute atomic E-state index is 12.8. The lowest BCUT2D eigenvalue weighted by Crippen LogP contribution is -2.20.